The molecule has 1 aromatic rings. The van der Waals surface area contributed by atoms with E-state index in [9.17, 15) is 18.0 Å². The molecule has 0 spiro atoms. The number of hydrogen-bond acceptors (Lipinski definition) is 2. The molecular formula is C14H16F3NO. The van der Waals surface area contributed by atoms with E-state index < -0.39 is 17.2 Å². The Hall–Kier alpha value is -1.36. The number of piperidine rings is 1. The maximum atomic E-state index is 12.6. The molecule has 0 amide bonds. The molecule has 1 aliphatic heterocycles. The van der Waals surface area contributed by atoms with Gasteiger partial charge in [0, 0.05) is 11.0 Å². The Morgan fingerprint density at radius 1 is 1.26 bits per heavy atom. The van der Waals surface area contributed by atoms with Gasteiger partial charge in [-0.25, -0.2) is 0 Å². The van der Waals surface area contributed by atoms with Crippen LogP contribution in [0.25, 0.3) is 0 Å². The molecule has 0 saturated carbocycles. The summed E-state index contributed by atoms with van der Waals surface area (Å²) in [4.78, 5) is 12.4. The molecule has 1 heterocycles. The van der Waals surface area contributed by atoms with Gasteiger partial charge in [0.15, 0.2) is 5.78 Å². The van der Waals surface area contributed by atoms with E-state index >= 15 is 0 Å². The van der Waals surface area contributed by atoms with Crippen molar-refractivity contribution in [3.63, 3.8) is 0 Å². The number of alkyl halides is 3. The molecule has 0 radical (unpaired) electrons. The molecule has 19 heavy (non-hydrogen) atoms. The van der Waals surface area contributed by atoms with E-state index in [0.717, 1.165) is 25.2 Å². The van der Waals surface area contributed by atoms with Gasteiger partial charge in [-0.1, -0.05) is 19.1 Å². The quantitative estimate of drug-likeness (QED) is 0.836. The van der Waals surface area contributed by atoms with Crippen LogP contribution in [-0.2, 0) is 6.18 Å². The third kappa shape index (κ3) is 2.97. The standard InChI is InChI=1S/C14H16F3NO/c1-13(5-7-18-8-6-13)12(19)10-3-2-4-11(9-10)14(15,16)17/h2-4,9,18H,5-8H2,1H3. The number of benzene rings is 1. The fourth-order valence-electron chi connectivity index (χ4n) is 2.39. The van der Waals surface area contributed by atoms with E-state index in [1.54, 1.807) is 0 Å². The first kappa shape index (κ1) is 14.1. The van der Waals surface area contributed by atoms with Crippen molar-refractivity contribution in [3.8, 4) is 0 Å². The van der Waals surface area contributed by atoms with Gasteiger partial charge in [0.05, 0.1) is 5.56 Å². The van der Waals surface area contributed by atoms with Crippen molar-refractivity contribution in [2.75, 3.05) is 13.1 Å². The zero-order valence-electron chi connectivity index (χ0n) is 10.7. The van der Waals surface area contributed by atoms with Crippen LogP contribution in [0.15, 0.2) is 24.3 Å². The molecule has 5 heteroatoms. The van der Waals surface area contributed by atoms with Crippen LogP contribution in [0.3, 0.4) is 0 Å². The highest BCUT2D eigenvalue weighted by atomic mass is 19.4. The zero-order chi connectivity index (χ0) is 14.1. The second-order valence-corrected chi connectivity index (χ2v) is 5.22. The number of carbonyl (C=O) groups excluding carboxylic acids is 1. The summed E-state index contributed by atoms with van der Waals surface area (Å²) in [6, 6.07) is 4.70. The Labute approximate surface area is 110 Å². The maximum Gasteiger partial charge on any atom is 0.416 e. The van der Waals surface area contributed by atoms with Crippen molar-refractivity contribution in [1.29, 1.82) is 0 Å². The monoisotopic (exact) mass is 271 g/mol. The Bertz CT molecular complexity index is 476. The van der Waals surface area contributed by atoms with Crippen molar-refractivity contribution >= 4 is 5.78 Å². The van der Waals surface area contributed by atoms with Crippen molar-refractivity contribution in [3.05, 3.63) is 35.4 Å². The Balaban J connectivity index is 2.29. The van der Waals surface area contributed by atoms with Gasteiger partial charge in [-0.05, 0) is 38.1 Å². The lowest BCUT2D eigenvalue weighted by Gasteiger charge is -2.32. The summed E-state index contributed by atoms with van der Waals surface area (Å²) < 4.78 is 37.9. The highest BCUT2D eigenvalue weighted by Crippen LogP contribution is 2.34. The number of hydrogen-bond donors (Lipinski definition) is 1. The maximum absolute atomic E-state index is 12.6. The van der Waals surface area contributed by atoms with Gasteiger partial charge in [-0.15, -0.1) is 0 Å². The first-order valence-corrected chi connectivity index (χ1v) is 6.26. The topological polar surface area (TPSA) is 29.1 Å². The van der Waals surface area contributed by atoms with Crippen LogP contribution in [0.1, 0.15) is 35.7 Å². The number of rotatable bonds is 2. The molecule has 1 saturated heterocycles. The van der Waals surface area contributed by atoms with Crippen LogP contribution in [0.5, 0.6) is 0 Å². The van der Waals surface area contributed by atoms with Crippen molar-refractivity contribution < 1.29 is 18.0 Å². The van der Waals surface area contributed by atoms with Gasteiger partial charge < -0.3 is 5.32 Å². The van der Waals surface area contributed by atoms with E-state index in [0.29, 0.717) is 12.8 Å². The molecule has 104 valence electrons. The predicted octanol–water partition coefficient (Wildman–Crippen LogP) is 3.28. The molecule has 1 fully saturated rings. The van der Waals surface area contributed by atoms with Gasteiger partial charge in [0.1, 0.15) is 0 Å². The van der Waals surface area contributed by atoms with E-state index in [1.165, 1.54) is 12.1 Å². The molecule has 0 aliphatic carbocycles. The fourth-order valence-corrected chi connectivity index (χ4v) is 2.39. The average molecular weight is 271 g/mol. The SMILES string of the molecule is CC1(C(=O)c2cccc(C(F)(F)F)c2)CCNCC1. The van der Waals surface area contributed by atoms with Crippen LogP contribution in [-0.4, -0.2) is 18.9 Å². The molecular weight excluding hydrogens is 255 g/mol. The van der Waals surface area contributed by atoms with Crippen LogP contribution in [0.2, 0.25) is 0 Å². The summed E-state index contributed by atoms with van der Waals surface area (Å²) in [5.74, 6) is -0.194. The van der Waals surface area contributed by atoms with Crippen LogP contribution < -0.4 is 5.32 Å². The zero-order valence-corrected chi connectivity index (χ0v) is 10.7. The van der Waals surface area contributed by atoms with E-state index in [-0.39, 0.29) is 11.3 Å². The number of carbonyl (C=O) groups is 1. The Kier molecular flexibility index (Phi) is 3.67. The summed E-state index contributed by atoms with van der Waals surface area (Å²) >= 11 is 0. The normalized spacial score (nSPS) is 19.2. The molecule has 0 aromatic heterocycles. The molecule has 1 aromatic carbocycles. The van der Waals surface area contributed by atoms with Crippen molar-refractivity contribution in [2.45, 2.75) is 25.9 Å². The van der Waals surface area contributed by atoms with Gasteiger partial charge in [-0.3, -0.25) is 4.79 Å². The molecule has 2 nitrogen and oxygen atoms in total. The molecule has 1 aliphatic rings. The van der Waals surface area contributed by atoms with Gasteiger partial charge >= 0.3 is 6.18 Å². The fraction of sp³-hybridized carbons (Fsp3) is 0.500. The molecule has 2 rings (SSSR count). The molecule has 0 unspecified atom stereocenters. The van der Waals surface area contributed by atoms with E-state index in [4.69, 9.17) is 0 Å². The minimum Gasteiger partial charge on any atom is -0.317 e. The van der Waals surface area contributed by atoms with Crippen LogP contribution in [0, 0.1) is 5.41 Å². The lowest BCUT2D eigenvalue weighted by molar-refractivity contribution is -0.137. The van der Waals surface area contributed by atoms with E-state index in [2.05, 4.69) is 5.32 Å². The summed E-state index contributed by atoms with van der Waals surface area (Å²) in [7, 11) is 0. The summed E-state index contributed by atoms with van der Waals surface area (Å²) in [5.41, 5.74) is -1.18. The molecule has 1 N–H and O–H groups in total. The summed E-state index contributed by atoms with van der Waals surface area (Å²) in [5, 5.41) is 3.15. The lowest BCUT2D eigenvalue weighted by atomic mass is 9.75. The highest BCUT2D eigenvalue weighted by molar-refractivity contribution is 6.00. The number of ketones is 1. The third-order valence-electron chi connectivity index (χ3n) is 3.71. The first-order chi connectivity index (χ1) is 8.83. The van der Waals surface area contributed by atoms with Gasteiger partial charge in [0.25, 0.3) is 0 Å². The average Bonchev–Trinajstić information content (AvgIpc) is 2.38. The van der Waals surface area contributed by atoms with Crippen molar-refractivity contribution in [2.24, 2.45) is 5.41 Å². The number of Topliss-reactive ketones (excluding diaryl/α,β-unsaturated/α-hetero) is 1. The minimum atomic E-state index is -4.41. The molecule has 0 bridgehead atoms. The van der Waals surface area contributed by atoms with Gasteiger partial charge in [0.2, 0.25) is 0 Å². The van der Waals surface area contributed by atoms with Crippen LogP contribution in [0.4, 0.5) is 13.2 Å². The number of halogens is 3. The largest absolute Gasteiger partial charge is 0.416 e. The predicted molar refractivity (Wildman–Crippen MR) is 66.0 cm³/mol. The number of nitrogens with one attached hydrogen (secondary N) is 1. The first-order valence-electron chi connectivity index (χ1n) is 6.26. The smallest absolute Gasteiger partial charge is 0.317 e. The summed E-state index contributed by atoms with van der Waals surface area (Å²) in [6.07, 6.45) is -3.10. The van der Waals surface area contributed by atoms with Crippen molar-refractivity contribution in [1.82, 2.24) is 5.32 Å². The second-order valence-electron chi connectivity index (χ2n) is 5.22. The third-order valence-corrected chi connectivity index (χ3v) is 3.71. The van der Waals surface area contributed by atoms with Crippen LogP contribution >= 0.6 is 0 Å². The highest BCUT2D eigenvalue weighted by Gasteiger charge is 2.36. The van der Waals surface area contributed by atoms with E-state index in [1.807, 2.05) is 6.92 Å². The Morgan fingerprint density at radius 2 is 1.89 bits per heavy atom. The minimum absolute atomic E-state index is 0.152. The van der Waals surface area contributed by atoms with Gasteiger partial charge in [-0.2, -0.15) is 13.2 Å². The lowest BCUT2D eigenvalue weighted by Crippen LogP contribution is -2.40. The molecule has 0 atom stereocenters. The second kappa shape index (κ2) is 4.96. The summed E-state index contributed by atoms with van der Waals surface area (Å²) in [6.45, 7) is 3.28. The Morgan fingerprint density at radius 3 is 2.47 bits per heavy atom.